The molecular weight excluding hydrogens is 296 g/mol. The van der Waals surface area contributed by atoms with Crippen LogP contribution in [0.25, 0.3) is 11.0 Å². The Bertz CT molecular complexity index is 882. The van der Waals surface area contributed by atoms with Gasteiger partial charge >= 0.3 is 5.63 Å². The lowest BCUT2D eigenvalue weighted by Gasteiger charge is -2.11. The van der Waals surface area contributed by atoms with Gasteiger partial charge in [0, 0.05) is 17.5 Å². The number of aromatic nitrogens is 2. The molecule has 2 heterocycles. The fraction of sp³-hybridized carbons (Fsp3) is 0.353. The van der Waals surface area contributed by atoms with E-state index in [0.717, 1.165) is 23.8 Å². The van der Waals surface area contributed by atoms with Crippen molar-refractivity contribution in [3.63, 3.8) is 0 Å². The summed E-state index contributed by atoms with van der Waals surface area (Å²) >= 11 is 0. The van der Waals surface area contributed by atoms with Gasteiger partial charge in [-0.25, -0.2) is 4.79 Å². The monoisotopic (exact) mass is 314 g/mol. The maximum absolute atomic E-state index is 11.7. The molecule has 0 saturated carbocycles. The lowest BCUT2D eigenvalue weighted by molar-refractivity contribution is 0.175. The average Bonchev–Trinajstić information content (AvgIpc) is 2.94. The average molecular weight is 314 g/mol. The summed E-state index contributed by atoms with van der Waals surface area (Å²) in [4.78, 5) is 15.8. The predicted molar refractivity (Wildman–Crippen MR) is 84.6 cm³/mol. The van der Waals surface area contributed by atoms with E-state index < -0.39 is 0 Å². The van der Waals surface area contributed by atoms with Crippen molar-refractivity contribution in [2.75, 3.05) is 0 Å². The molecule has 2 aromatic heterocycles. The molecule has 3 rings (SSSR count). The number of rotatable bonds is 5. The van der Waals surface area contributed by atoms with Gasteiger partial charge in [0.15, 0.2) is 11.9 Å². The van der Waals surface area contributed by atoms with E-state index in [4.69, 9.17) is 13.7 Å². The molecule has 3 aromatic rings. The molecule has 1 atom stereocenters. The zero-order chi connectivity index (χ0) is 16.4. The molecule has 0 saturated heterocycles. The highest BCUT2D eigenvalue weighted by Gasteiger charge is 2.15. The molecule has 0 spiro atoms. The first-order chi connectivity index (χ1) is 11.1. The number of hydrogen-bond donors (Lipinski definition) is 0. The van der Waals surface area contributed by atoms with E-state index in [1.807, 2.05) is 19.1 Å². The Labute approximate surface area is 133 Å². The van der Waals surface area contributed by atoms with Gasteiger partial charge in [-0.3, -0.25) is 0 Å². The van der Waals surface area contributed by atoms with Gasteiger partial charge in [-0.15, -0.1) is 0 Å². The summed E-state index contributed by atoms with van der Waals surface area (Å²) < 4.78 is 16.2. The van der Waals surface area contributed by atoms with Crippen LogP contribution in [0.5, 0.6) is 5.75 Å². The smallest absolute Gasteiger partial charge is 0.336 e. The Balaban J connectivity index is 1.92. The van der Waals surface area contributed by atoms with Gasteiger partial charge in [-0.05, 0) is 38.0 Å². The lowest BCUT2D eigenvalue weighted by Crippen LogP contribution is -2.04. The number of benzene rings is 1. The molecule has 0 aliphatic rings. The summed E-state index contributed by atoms with van der Waals surface area (Å²) in [6, 6.07) is 7.03. The minimum atomic E-state index is -0.390. The summed E-state index contributed by atoms with van der Waals surface area (Å²) in [5, 5.41) is 4.68. The second kappa shape index (κ2) is 6.24. The molecule has 6 heteroatoms. The van der Waals surface area contributed by atoms with Crippen molar-refractivity contribution in [1.29, 1.82) is 0 Å². The summed E-state index contributed by atoms with van der Waals surface area (Å²) in [5.74, 6) is 1.55. The Kier molecular flexibility index (Phi) is 4.14. The van der Waals surface area contributed by atoms with Crippen molar-refractivity contribution in [2.24, 2.45) is 0 Å². The molecule has 0 aliphatic heterocycles. The summed E-state index contributed by atoms with van der Waals surface area (Å²) in [7, 11) is 0. The van der Waals surface area contributed by atoms with Crippen LogP contribution in [0.1, 0.15) is 43.7 Å². The van der Waals surface area contributed by atoms with Crippen LogP contribution in [-0.2, 0) is 6.42 Å². The van der Waals surface area contributed by atoms with Gasteiger partial charge in [0.2, 0.25) is 0 Å². The molecule has 120 valence electrons. The predicted octanol–water partition coefficient (Wildman–Crippen LogP) is 3.58. The zero-order valence-electron chi connectivity index (χ0n) is 13.3. The number of nitrogens with zero attached hydrogens (tertiary/aromatic N) is 2. The van der Waals surface area contributed by atoms with Crippen LogP contribution in [0.15, 0.2) is 38.0 Å². The first-order valence-electron chi connectivity index (χ1n) is 7.60. The number of fused-ring (bicyclic) bond motifs is 1. The van der Waals surface area contributed by atoms with E-state index in [-0.39, 0.29) is 11.7 Å². The maximum Gasteiger partial charge on any atom is 0.336 e. The highest BCUT2D eigenvalue weighted by atomic mass is 16.5. The van der Waals surface area contributed by atoms with Gasteiger partial charge in [-0.1, -0.05) is 18.5 Å². The molecule has 6 nitrogen and oxygen atoms in total. The third kappa shape index (κ3) is 3.26. The molecule has 0 bridgehead atoms. The first-order valence-corrected chi connectivity index (χ1v) is 7.60. The third-order valence-electron chi connectivity index (χ3n) is 3.52. The molecule has 0 N–H and O–H groups in total. The number of hydrogen-bond acceptors (Lipinski definition) is 6. The molecule has 0 radical (unpaired) electrons. The fourth-order valence-corrected chi connectivity index (χ4v) is 2.49. The molecule has 0 amide bonds. The summed E-state index contributed by atoms with van der Waals surface area (Å²) in [5.41, 5.74) is 1.16. The zero-order valence-corrected chi connectivity index (χ0v) is 13.3. The topological polar surface area (TPSA) is 78.4 Å². The van der Waals surface area contributed by atoms with Gasteiger partial charge < -0.3 is 13.7 Å². The Morgan fingerprint density at radius 3 is 2.83 bits per heavy atom. The lowest BCUT2D eigenvalue weighted by atomic mass is 10.1. The fourth-order valence-electron chi connectivity index (χ4n) is 2.49. The molecule has 1 aromatic carbocycles. The Morgan fingerprint density at radius 1 is 1.30 bits per heavy atom. The maximum atomic E-state index is 11.7. The molecule has 23 heavy (non-hydrogen) atoms. The van der Waals surface area contributed by atoms with Crippen LogP contribution in [0, 0.1) is 6.92 Å². The molecule has 0 unspecified atom stereocenters. The summed E-state index contributed by atoms with van der Waals surface area (Å²) in [6.07, 6.45) is 1.41. The van der Waals surface area contributed by atoms with E-state index >= 15 is 0 Å². The van der Waals surface area contributed by atoms with Crippen molar-refractivity contribution in [3.8, 4) is 5.75 Å². The van der Waals surface area contributed by atoms with Crippen molar-refractivity contribution in [1.82, 2.24) is 10.1 Å². The van der Waals surface area contributed by atoms with E-state index in [9.17, 15) is 4.79 Å². The van der Waals surface area contributed by atoms with Gasteiger partial charge in [0.1, 0.15) is 11.3 Å². The Hall–Kier alpha value is -2.63. The van der Waals surface area contributed by atoms with Crippen LogP contribution in [0.3, 0.4) is 0 Å². The number of ether oxygens (including phenoxy) is 1. The van der Waals surface area contributed by atoms with Gasteiger partial charge in [0.25, 0.3) is 5.89 Å². The van der Waals surface area contributed by atoms with Crippen LogP contribution < -0.4 is 10.4 Å². The van der Waals surface area contributed by atoms with Crippen LogP contribution >= 0.6 is 0 Å². The van der Waals surface area contributed by atoms with Gasteiger partial charge in [-0.2, -0.15) is 4.98 Å². The highest BCUT2D eigenvalue weighted by Crippen LogP contribution is 2.26. The van der Waals surface area contributed by atoms with Crippen molar-refractivity contribution >= 4 is 11.0 Å². The minimum Gasteiger partial charge on any atom is -0.481 e. The van der Waals surface area contributed by atoms with Crippen LogP contribution in [0.4, 0.5) is 0 Å². The normalized spacial score (nSPS) is 12.5. The van der Waals surface area contributed by atoms with E-state index in [2.05, 4.69) is 17.1 Å². The first kappa shape index (κ1) is 15.3. The van der Waals surface area contributed by atoms with E-state index in [0.29, 0.717) is 23.0 Å². The minimum absolute atomic E-state index is 0.348. The molecule has 0 fully saturated rings. The van der Waals surface area contributed by atoms with Crippen molar-refractivity contribution < 1.29 is 13.7 Å². The summed E-state index contributed by atoms with van der Waals surface area (Å²) in [6.45, 7) is 5.65. The van der Waals surface area contributed by atoms with E-state index in [1.54, 1.807) is 19.1 Å². The second-order valence-electron chi connectivity index (χ2n) is 5.44. The highest BCUT2D eigenvalue weighted by molar-refractivity contribution is 5.81. The SMILES string of the molecule is CCCc1cc(=O)oc2cc(O[C@@H](C)c3nc(C)no3)ccc12. The largest absolute Gasteiger partial charge is 0.481 e. The van der Waals surface area contributed by atoms with E-state index in [1.165, 1.54) is 0 Å². The number of aryl methyl sites for hydroxylation is 2. The second-order valence-corrected chi connectivity index (χ2v) is 5.44. The Morgan fingerprint density at radius 2 is 2.13 bits per heavy atom. The standard InChI is InChI=1S/C17H18N2O4/c1-4-5-12-8-16(20)22-15-9-13(6-7-14(12)15)21-10(2)17-18-11(3)19-23-17/h6-10H,4-5H2,1-3H3/t10-/m0/s1. The third-order valence-corrected chi connectivity index (χ3v) is 3.52. The van der Waals surface area contributed by atoms with Crippen molar-refractivity contribution in [2.45, 2.75) is 39.7 Å². The quantitative estimate of drug-likeness (QED) is 0.670. The molecular formula is C17H18N2O4. The molecule has 0 aliphatic carbocycles. The van der Waals surface area contributed by atoms with Gasteiger partial charge in [0.05, 0.1) is 0 Å². The van der Waals surface area contributed by atoms with Crippen LogP contribution in [0.2, 0.25) is 0 Å². The van der Waals surface area contributed by atoms with Crippen LogP contribution in [-0.4, -0.2) is 10.1 Å². The van der Waals surface area contributed by atoms with Crippen molar-refractivity contribution in [3.05, 3.63) is 52.0 Å².